The summed E-state index contributed by atoms with van der Waals surface area (Å²) in [6, 6.07) is 3.79. The summed E-state index contributed by atoms with van der Waals surface area (Å²) < 4.78 is 0. The molecule has 0 bridgehead atoms. The van der Waals surface area contributed by atoms with Crippen LogP contribution in [-0.2, 0) is 11.2 Å². The van der Waals surface area contributed by atoms with E-state index in [0.29, 0.717) is 12.8 Å². The fourth-order valence-electron chi connectivity index (χ4n) is 3.16. The first-order valence-corrected chi connectivity index (χ1v) is 8.72. The Kier molecular flexibility index (Phi) is 5.53. The molecule has 7 nitrogen and oxygen atoms in total. The van der Waals surface area contributed by atoms with Gasteiger partial charge in [0.25, 0.3) is 0 Å². The molecular formula is C18H24N6O. The normalized spacial score (nSPS) is 17.4. The Hall–Kier alpha value is -2.57. The van der Waals surface area contributed by atoms with Gasteiger partial charge in [-0.25, -0.2) is 19.9 Å². The monoisotopic (exact) mass is 340 g/mol. The number of hydrogen-bond acceptors (Lipinski definition) is 6. The minimum absolute atomic E-state index is 0.0304. The van der Waals surface area contributed by atoms with Crippen molar-refractivity contribution < 1.29 is 4.79 Å². The number of rotatable bonds is 5. The van der Waals surface area contributed by atoms with Crippen molar-refractivity contribution in [3.8, 4) is 0 Å². The summed E-state index contributed by atoms with van der Waals surface area (Å²) in [4.78, 5) is 31.8. The lowest BCUT2D eigenvalue weighted by atomic mass is 9.97. The van der Waals surface area contributed by atoms with Gasteiger partial charge in [0.2, 0.25) is 11.9 Å². The van der Waals surface area contributed by atoms with Crippen LogP contribution in [0.25, 0.3) is 0 Å². The van der Waals surface area contributed by atoms with Crippen molar-refractivity contribution in [2.45, 2.75) is 38.5 Å². The smallest absolute Gasteiger partial charge is 0.225 e. The van der Waals surface area contributed by atoms with Crippen LogP contribution in [0.1, 0.15) is 42.4 Å². The van der Waals surface area contributed by atoms with Gasteiger partial charge < -0.3 is 10.2 Å². The zero-order chi connectivity index (χ0) is 17.6. The van der Waals surface area contributed by atoms with Crippen LogP contribution in [0.2, 0.25) is 0 Å². The van der Waals surface area contributed by atoms with E-state index in [9.17, 15) is 4.79 Å². The molecule has 7 heteroatoms. The van der Waals surface area contributed by atoms with Gasteiger partial charge in [-0.15, -0.1) is 0 Å². The highest BCUT2D eigenvalue weighted by atomic mass is 16.1. The molecule has 3 heterocycles. The van der Waals surface area contributed by atoms with Gasteiger partial charge in [-0.2, -0.15) is 0 Å². The zero-order valence-electron chi connectivity index (χ0n) is 14.8. The third kappa shape index (κ3) is 4.49. The molecule has 0 saturated carbocycles. The van der Waals surface area contributed by atoms with Crippen LogP contribution in [-0.4, -0.2) is 46.0 Å². The molecule has 1 aliphatic rings. The second-order valence-electron chi connectivity index (χ2n) is 6.37. The summed E-state index contributed by atoms with van der Waals surface area (Å²) in [6.07, 6.45) is 6.74. The number of aromatic nitrogens is 4. The van der Waals surface area contributed by atoms with Gasteiger partial charge in [-0.3, -0.25) is 4.79 Å². The maximum atomic E-state index is 11.5. The average Bonchev–Trinajstić information content (AvgIpc) is 2.66. The standard InChI is InChI=1S/C18H24N6O/c1-13-11-15(6-7-16(25)19-2)23-17(22-13)14-5-3-10-24(12-14)18-20-8-4-9-21-18/h4,8-9,11,14H,3,5-7,10,12H2,1-2H3,(H,19,25). The Labute approximate surface area is 147 Å². The van der Waals surface area contributed by atoms with E-state index in [0.717, 1.165) is 49.1 Å². The van der Waals surface area contributed by atoms with Crippen molar-refractivity contribution in [2.75, 3.05) is 25.0 Å². The minimum Gasteiger partial charge on any atom is -0.359 e. The van der Waals surface area contributed by atoms with E-state index in [2.05, 4.69) is 25.2 Å². The number of nitrogens with one attached hydrogen (secondary N) is 1. The summed E-state index contributed by atoms with van der Waals surface area (Å²) in [5, 5.41) is 2.65. The number of carbonyl (C=O) groups excluding carboxylic acids is 1. The fraction of sp³-hybridized carbons (Fsp3) is 0.500. The molecular weight excluding hydrogens is 316 g/mol. The second-order valence-corrected chi connectivity index (χ2v) is 6.37. The summed E-state index contributed by atoms with van der Waals surface area (Å²) in [6.45, 7) is 3.76. The van der Waals surface area contributed by atoms with E-state index in [1.165, 1.54) is 0 Å². The molecule has 0 radical (unpaired) electrons. The molecule has 2 aromatic heterocycles. The van der Waals surface area contributed by atoms with Gasteiger partial charge in [-0.1, -0.05) is 0 Å². The number of carbonyl (C=O) groups is 1. The zero-order valence-corrected chi connectivity index (χ0v) is 14.8. The first-order valence-electron chi connectivity index (χ1n) is 8.72. The molecule has 1 unspecified atom stereocenters. The third-order valence-corrected chi connectivity index (χ3v) is 4.43. The van der Waals surface area contributed by atoms with Crippen molar-refractivity contribution in [2.24, 2.45) is 0 Å². The Morgan fingerprint density at radius 2 is 2.12 bits per heavy atom. The van der Waals surface area contributed by atoms with Crippen LogP contribution in [0.3, 0.4) is 0 Å². The number of nitrogens with zero attached hydrogens (tertiary/aromatic N) is 5. The summed E-state index contributed by atoms with van der Waals surface area (Å²) >= 11 is 0. The van der Waals surface area contributed by atoms with Crippen LogP contribution in [0.15, 0.2) is 24.5 Å². The Morgan fingerprint density at radius 1 is 1.32 bits per heavy atom. The van der Waals surface area contributed by atoms with E-state index in [-0.39, 0.29) is 11.8 Å². The van der Waals surface area contributed by atoms with Crippen LogP contribution < -0.4 is 10.2 Å². The molecule has 3 rings (SSSR count). The van der Waals surface area contributed by atoms with Crippen LogP contribution in [0.4, 0.5) is 5.95 Å². The molecule has 1 amide bonds. The van der Waals surface area contributed by atoms with Crippen molar-refractivity contribution in [1.82, 2.24) is 25.3 Å². The number of aryl methyl sites for hydroxylation is 2. The van der Waals surface area contributed by atoms with E-state index >= 15 is 0 Å². The van der Waals surface area contributed by atoms with Crippen molar-refractivity contribution in [3.63, 3.8) is 0 Å². The molecule has 0 aliphatic carbocycles. The van der Waals surface area contributed by atoms with Crippen molar-refractivity contribution >= 4 is 11.9 Å². The third-order valence-electron chi connectivity index (χ3n) is 4.43. The quantitative estimate of drug-likeness (QED) is 0.891. The molecule has 1 atom stereocenters. The van der Waals surface area contributed by atoms with E-state index < -0.39 is 0 Å². The van der Waals surface area contributed by atoms with Crippen molar-refractivity contribution in [1.29, 1.82) is 0 Å². The van der Waals surface area contributed by atoms with Crippen LogP contribution in [0.5, 0.6) is 0 Å². The van der Waals surface area contributed by atoms with Gasteiger partial charge in [-0.05, 0) is 38.3 Å². The van der Waals surface area contributed by atoms with Crippen molar-refractivity contribution in [3.05, 3.63) is 41.7 Å². The Morgan fingerprint density at radius 3 is 2.88 bits per heavy atom. The lowest BCUT2D eigenvalue weighted by molar-refractivity contribution is -0.120. The average molecular weight is 340 g/mol. The lowest BCUT2D eigenvalue weighted by Crippen LogP contribution is -2.36. The number of hydrogen-bond donors (Lipinski definition) is 1. The van der Waals surface area contributed by atoms with Gasteiger partial charge in [0, 0.05) is 56.3 Å². The predicted molar refractivity (Wildman–Crippen MR) is 95.4 cm³/mol. The Balaban J connectivity index is 1.74. The second kappa shape index (κ2) is 8.00. The summed E-state index contributed by atoms with van der Waals surface area (Å²) in [5.74, 6) is 1.92. The molecule has 1 aliphatic heterocycles. The van der Waals surface area contributed by atoms with E-state index in [1.54, 1.807) is 19.4 Å². The maximum Gasteiger partial charge on any atom is 0.225 e. The predicted octanol–water partition coefficient (Wildman–Crippen LogP) is 1.64. The molecule has 1 N–H and O–H groups in total. The van der Waals surface area contributed by atoms with Gasteiger partial charge in [0.05, 0.1) is 0 Å². The highest BCUT2D eigenvalue weighted by Gasteiger charge is 2.25. The summed E-state index contributed by atoms with van der Waals surface area (Å²) in [5.41, 5.74) is 1.88. The van der Waals surface area contributed by atoms with Crippen LogP contribution >= 0.6 is 0 Å². The number of piperidine rings is 1. The molecule has 0 spiro atoms. The topological polar surface area (TPSA) is 83.9 Å². The molecule has 2 aromatic rings. The van der Waals surface area contributed by atoms with E-state index in [1.807, 2.05) is 19.1 Å². The van der Waals surface area contributed by atoms with Gasteiger partial charge in [0.15, 0.2) is 0 Å². The van der Waals surface area contributed by atoms with E-state index in [4.69, 9.17) is 4.98 Å². The number of amides is 1. The first-order chi connectivity index (χ1) is 12.2. The first kappa shape index (κ1) is 17.3. The number of anilines is 1. The van der Waals surface area contributed by atoms with Gasteiger partial charge in [0.1, 0.15) is 5.82 Å². The van der Waals surface area contributed by atoms with Crippen LogP contribution in [0, 0.1) is 6.92 Å². The Bertz CT molecular complexity index is 721. The molecule has 1 fully saturated rings. The highest BCUT2D eigenvalue weighted by Crippen LogP contribution is 2.26. The largest absolute Gasteiger partial charge is 0.359 e. The van der Waals surface area contributed by atoms with Gasteiger partial charge >= 0.3 is 0 Å². The SMILES string of the molecule is CNC(=O)CCc1cc(C)nc(C2CCCN(c3ncccn3)C2)n1. The molecule has 132 valence electrons. The highest BCUT2D eigenvalue weighted by molar-refractivity contribution is 5.75. The molecule has 0 aromatic carbocycles. The molecule has 25 heavy (non-hydrogen) atoms. The molecule has 1 saturated heterocycles. The minimum atomic E-state index is 0.0304. The lowest BCUT2D eigenvalue weighted by Gasteiger charge is -2.32. The fourth-order valence-corrected chi connectivity index (χ4v) is 3.16. The maximum absolute atomic E-state index is 11.5. The summed E-state index contributed by atoms with van der Waals surface area (Å²) in [7, 11) is 1.65.